The molecule has 0 aliphatic rings. The lowest BCUT2D eigenvalue weighted by atomic mass is 10.2. The van der Waals surface area contributed by atoms with E-state index in [0.717, 1.165) is 17.2 Å². The SMILES string of the molecule is CCNC(=NCc1ccccc1F)NCc1nc(C(C)C)cs1. The third-order valence-corrected chi connectivity index (χ3v) is 4.14. The Morgan fingerprint density at radius 1 is 1.30 bits per heavy atom. The molecule has 1 aromatic heterocycles. The van der Waals surface area contributed by atoms with Crippen molar-refractivity contribution < 1.29 is 4.39 Å². The van der Waals surface area contributed by atoms with Crippen molar-refractivity contribution in [3.63, 3.8) is 0 Å². The fourth-order valence-electron chi connectivity index (χ4n) is 1.96. The number of aliphatic imine (C=N–C) groups is 1. The van der Waals surface area contributed by atoms with Gasteiger partial charge in [0.25, 0.3) is 0 Å². The first-order valence-electron chi connectivity index (χ1n) is 7.80. The second-order valence-corrected chi connectivity index (χ2v) is 6.40. The topological polar surface area (TPSA) is 49.3 Å². The van der Waals surface area contributed by atoms with Crippen LogP contribution in [0.3, 0.4) is 0 Å². The Morgan fingerprint density at radius 3 is 2.74 bits per heavy atom. The van der Waals surface area contributed by atoms with E-state index < -0.39 is 0 Å². The molecular weight excluding hydrogens is 311 g/mol. The lowest BCUT2D eigenvalue weighted by molar-refractivity contribution is 0.610. The molecule has 2 aromatic rings. The maximum atomic E-state index is 13.6. The summed E-state index contributed by atoms with van der Waals surface area (Å²) in [6, 6.07) is 6.70. The van der Waals surface area contributed by atoms with E-state index in [-0.39, 0.29) is 5.82 Å². The molecule has 0 saturated heterocycles. The number of halogens is 1. The van der Waals surface area contributed by atoms with Crippen molar-refractivity contribution in [1.82, 2.24) is 15.6 Å². The molecule has 0 saturated carbocycles. The Hall–Kier alpha value is -1.95. The predicted octanol–water partition coefficient (Wildman–Crippen LogP) is 3.66. The van der Waals surface area contributed by atoms with Gasteiger partial charge in [0.05, 0.1) is 18.8 Å². The summed E-state index contributed by atoms with van der Waals surface area (Å²) in [4.78, 5) is 9.02. The van der Waals surface area contributed by atoms with Crippen molar-refractivity contribution in [3.8, 4) is 0 Å². The van der Waals surface area contributed by atoms with Gasteiger partial charge in [0.1, 0.15) is 10.8 Å². The molecule has 0 spiro atoms. The number of benzene rings is 1. The highest BCUT2D eigenvalue weighted by atomic mass is 32.1. The van der Waals surface area contributed by atoms with Crippen LogP contribution in [0.5, 0.6) is 0 Å². The van der Waals surface area contributed by atoms with Gasteiger partial charge >= 0.3 is 0 Å². The van der Waals surface area contributed by atoms with Gasteiger partial charge in [-0.15, -0.1) is 11.3 Å². The molecule has 0 amide bonds. The lowest BCUT2D eigenvalue weighted by Crippen LogP contribution is -2.36. The molecule has 0 atom stereocenters. The zero-order chi connectivity index (χ0) is 16.7. The average molecular weight is 334 g/mol. The van der Waals surface area contributed by atoms with Gasteiger partial charge in [-0.25, -0.2) is 14.4 Å². The summed E-state index contributed by atoms with van der Waals surface area (Å²) in [5.41, 5.74) is 1.70. The largest absolute Gasteiger partial charge is 0.357 e. The highest BCUT2D eigenvalue weighted by molar-refractivity contribution is 7.09. The summed E-state index contributed by atoms with van der Waals surface area (Å²) < 4.78 is 13.6. The molecule has 1 heterocycles. The average Bonchev–Trinajstić information content (AvgIpc) is 3.00. The van der Waals surface area contributed by atoms with Gasteiger partial charge in [0, 0.05) is 17.5 Å². The molecule has 124 valence electrons. The Labute approximate surface area is 140 Å². The van der Waals surface area contributed by atoms with E-state index in [2.05, 4.69) is 39.8 Å². The van der Waals surface area contributed by atoms with Crippen LogP contribution in [0, 0.1) is 5.82 Å². The standard InChI is InChI=1S/C17H23FN4S/c1-4-19-17(20-9-13-7-5-6-8-14(13)18)21-10-16-22-15(11-23-16)12(2)3/h5-8,11-12H,4,9-10H2,1-3H3,(H2,19,20,21). The zero-order valence-corrected chi connectivity index (χ0v) is 14.6. The third-order valence-electron chi connectivity index (χ3n) is 3.28. The Bertz CT molecular complexity index is 652. The zero-order valence-electron chi connectivity index (χ0n) is 13.8. The first-order valence-corrected chi connectivity index (χ1v) is 8.68. The fraction of sp³-hybridized carbons (Fsp3) is 0.412. The quantitative estimate of drug-likeness (QED) is 0.626. The maximum Gasteiger partial charge on any atom is 0.191 e. The summed E-state index contributed by atoms with van der Waals surface area (Å²) in [7, 11) is 0. The van der Waals surface area contributed by atoms with E-state index in [1.807, 2.05) is 13.0 Å². The molecule has 2 rings (SSSR count). The van der Waals surface area contributed by atoms with E-state index in [0.29, 0.717) is 30.5 Å². The van der Waals surface area contributed by atoms with Gasteiger partial charge in [0.2, 0.25) is 0 Å². The molecule has 0 radical (unpaired) electrons. The second-order valence-electron chi connectivity index (χ2n) is 5.46. The Balaban J connectivity index is 1.97. The predicted molar refractivity (Wildman–Crippen MR) is 94.3 cm³/mol. The smallest absolute Gasteiger partial charge is 0.191 e. The molecule has 0 aliphatic heterocycles. The summed E-state index contributed by atoms with van der Waals surface area (Å²) >= 11 is 1.64. The van der Waals surface area contributed by atoms with Crippen molar-refractivity contribution in [2.75, 3.05) is 6.54 Å². The summed E-state index contributed by atoms with van der Waals surface area (Å²) in [5.74, 6) is 0.869. The number of hydrogen-bond donors (Lipinski definition) is 2. The number of guanidine groups is 1. The Morgan fingerprint density at radius 2 is 2.09 bits per heavy atom. The van der Waals surface area contributed by atoms with Gasteiger partial charge < -0.3 is 10.6 Å². The number of nitrogens with zero attached hydrogens (tertiary/aromatic N) is 2. The van der Waals surface area contributed by atoms with Gasteiger partial charge in [-0.1, -0.05) is 32.0 Å². The van der Waals surface area contributed by atoms with Gasteiger partial charge in [-0.3, -0.25) is 0 Å². The molecule has 1 aromatic carbocycles. The van der Waals surface area contributed by atoms with Crippen LogP contribution in [-0.2, 0) is 13.1 Å². The third kappa shape index (κ3) is 5.32. The van der Waals surface area contributed by atoms with E-state index >= 15 is 0 Å². The summed E-state index contributed by atoms with van der Waals surface area (Å²) in [6.07, 6.45) is 0. The number of nitrogens with one attached hydrogen (secondary N) is 2. The van der Waals surface area contributed by atoms with Gasteiger partial charge in [-0.2, -0.15) is 0 Å². The minimum absolute atomic E-state index is 0.228. The minimum atomic E-state index is -0.228. The molecule has 23 heavy (non-hydrogen) atoms. The highest BCUT2D eigenvalue weighted by Gasteiger charge is 2.06. The molecule has 0 fully saturated rings. The summed E-state index contributed by atoms with van der Waals surface area (Å²) in [6.45, 7) is 7.93. The highest BCUT2D eigenvalue weighted by Crippen LogP contribution is 2.17. The second kappa shape index (κ2) is 8.62. The van der Waals surface area contributed by atoms with E-state index in [9.17, 15) is 4.39 Å². The first kappa shape index (κ1) is 17.4. The Kier molecular flexibility index (Phi) is 6.52. The molecule has 0 unspecified atom stereocenters. The van der Waals surface area contributed by atoms with Crippen molar-refractivity contribution in [1.29, 1.82) is 0 Å². The lowest BCUT2D eigenvalue weighted by Gasteiger charge is -2.10. The molecular formula is C17H23FN4S. The normalized spacial score (nSPS) is 11.8. The number of aromatic nitrogens is 1. The van der Waals surface area contributed by atoms with Gasteiger partial charge in [0.15, 0.2) is 5.96 Å². The van der Waals surface area contributed by atoms with Crippen LogP contribution in [0.15, 0.2) is 34.6 Å². The van der Waals surface area contributed by atoms with Crippen molar-refractivity contribution in [2.24, 2.45) is 4.99 Å². The van der Waals surface area contributed by atoms with Crippen LogP contribution in [0.1, 0.15) is 43.0 Å². The van der Waals surface area contributed by atoms with Crippen LogP contribution in [0.2, 0.25) is 0 Å². The fourth-order valence-corrected chi connectivity index (χ4v) is 2.86. The van der Waals surface area contributed by atoms with E-state index in [1.54, 1.807) is 23.5 Å². The molecule has 2 N–H and O–H groups in total. The van der Waals surface area contributed by atoms with Crippen LogP contribution >= 0.6 is 11.3 Å². The van der Waals surface area contributed by atoms with Crippen LogP contribution < -0.4 is 10.6 Å². The van der Waals surface area contributed by atoms with E-state index in [1.165, 1.54) is 6.07 Å². The van der Waals surface area contributed by atoms with E-state index in [4.69, 9.17) is 0 Å². The minimum Gasteiger partial charge on any atom is -0.357 e. The maximum absolute atomic E-state index is 13.6. The monoisotopic (exact) mass is 334 g/mol. The molecule has 6 heteroatoms. The van der Waals surface area contributed by atoms with Crippen molar-refractivity contribution in [3.05, 3.63) is 51.7 Å². The molecule has 0 bridgehead atoms. The summed E-state index contributed by atoms with van der Waals surface area (Å²) in [5, 5.41) is 9.52. The number of rotatable bonds is 6. The molecule has 4 nitrogen and oxygen atoms in total. The molecule has 0 aliphatic carbocycles. The van der Waals surface area contributed by atoms with Crippen LogP contribution in [0.25, 0.3) is 0 Å². The number of hydrogen-bond acceptors (Lipinski definition) is 3. The van der Waals surface area contributed by atoms with Gasteiger partial charge in [-0.05, 0) is 18.9 Å². The number of thiazole rings is 1. The van der Waals surface area contributed by atoms with Crippen LogP contribution in [0.4, 0.5) is 4.39 Å². The van der Waals surface area contributed by atoms with Crippen molar-refractivity contribution in [2.45, 2.75) is 39.8 Å². The first-order chi connectivity index (χ1) is 11.1. The van der Waals surface area contributed by atoms with Crippen molar-refractivity contribution >= 4 is 17.3 Å². The van der Waals surface area contributed by atoms with Crippen LogP contribution in [-0.4, -0.2) is 17.5 Å².